The fraction of sp³-hybridized carbons (Fsp3) is 0.552. The molecule has 0 radical (unpaired) electrons. The maximum absolute atomic E-state index is 12.2. The number of hydrogen-bond donors (Lipinski definition) is 2. The Balaban J connectivity index is 2.22. The zero-order valence-electron chi connectivity index (χ0n) is 21.6. The first-order valence-corrected chi connectivity index (χ1v) is 13.1. The van der Waals surface area contributed by atoms with Gasteiger partial charge in [0.1, 0.15) is 0 Å². The molecule has 184 valence electrons. The Labute approximate surface area is 208 Å². The molecule has 0 aromatic heterocycles. The zero-order chi connectivity index (χ0) is 24.5. The van der Waals surface area contributed by atoms with Crippen LogP contribution in [-0.2, 0) is 0 Å². The molecular formula is C29H46N2OS. The quantitative estimate of drug-likeness (QED) is 0.148. The van der Waals surface area contributed by atoms with E-state index in [1.807, 2.05) is 18.2 Å². The number of nitrogens with one attached hydrogen (secondary N) is 1. The second kappa shape index (κ2) is 17.7. The average Bonchev–Trinajstić information content (AvgIpc) is 2.79. The molecule has 1 rings (SSSR count). The van der Waals surface area contributed by atoms with Crippen molar-refractivity contribution in [3.63, 3.8) is 0 Å². The summed E-state index contributed by atoms with van der Waals surface area (Å²) in [6.07, 6.45) is 15.1. The van der Waals surface area contributed by atoms with Gasteiger partial charge in [-0.2, -0.15) is 0 Å². The maximum Gasteiger partial charge on any atom is 0.252 e. The Hall–Kier alpha value is -1.78. The molecule has 0 saturated heterocycles. The van der Waals surface area contributed by atoms with E-state index < -0.39 is 0 Å². The number of amides is 1. The van der Waals surface area contributed by atoms with E-state index in [4.69, 9.17) is 0 Å². The summed E-state index contributed by atoms with van der Waals surface area (Å²) in [4.78, 5) is 15.4. The van der Waals surface area contributed by atoms with E-state index >= 15 is 0 Å². The molecular weight excluding hydrogens is 424 g/mol. The SMILES string of the molecule is CCN(CC)CCCCC(C)=CCCC(C)=CCCC(C)=CCNC(=O)c1ccccc1S. The molecule has 0 spiro atoms. The Morgan fingerprint density at radius 1 is 0.879 bits per heavy atom. The normalized spacial score (nSPS) is 13.0. The summed E-state index contributed by atoms with van der Waals surface area (Å²) in [5.41, 5.74) is 4.92. The predicted molar refractivity (Wildman–Crippen MR) is 147 cm³/mol. The highest BCUT2D eigenvalue weighted by Crippen LogP contribution is 2.14. The summed E-state index contributed by atoms with van der Waals surface area (Å²) in [5, 5.41) is 2.95. The Kier molecular flexibility index (Phi) is 15.7. The Bertz CT molecular complexity index is 791. The van der Waals surface area contributed by atoms with E-state index in [0.717, 1.165) is 38.8 Å². The summed E-state index contributed by atoms with van der Waals surface area (Å²) in [6, 6.07) is 7.37. The molecule has 0 saturated carbocycles. The predicted octanol–water partition coefficient (Wildman–Crippen LogP) is 7.62. The van der Waals surface area contributed by atoms with Gasteiger partial charge >= 0.3 is 0 Å². The highest BCUT2D eigenvalue weighted by molar-refractivity contribution is 7.80. The Morgan fingerprint density at radius 2 is 1.45 bits per heavy atom. The van der Waals surface area contributed by atoms with Gasteiger partial charge in [-0.1, -0.05) is 60.9 Å². The van der Waals surface area contributed by atoms with E-state index in [1.165, 1.54) is 42.5 Å². The summed E-state index contributed by atoms with van der Waals surface area (Å²) < 4.78 is 0. The van der Waals surface area contributed by atoms with Gasteiger partial charge in [-0.05, 0) is 97.5 Å². The van der Waals surface area contributed by atoms with Crippen LogP contribution in [0.4, 0.5) is 0 Å². The molecule has 0 unspecified atom stereocenters. The lowest BCUT2D eigenvalue weighted by Crippen LogP contribution is -2.23. The first kappa shape index (κ1) is 29.3. The fourth-order valence-electron chi connectivity index (χ4n) is 3.76. The van der Waals surface area contributed by atoms with Crippen LogP contribution >= 0.6 is 12.6 Å². The third-order valence-corrected chi connectivity index (χ3v) is 6.50. The second-order valence-corrected chi connectivity index (χ2v) is 9.42. The number of carbonyl (C=O) groups is 1. The molecule has 33 heavy (non-hydrogen) atoms. The van der Waals surface area contributed by atoms with Crippen molar-refractivity contribution in [3.05, 3.63) is 64.8 Å². The molecule has 0 aliphatic carbocycles. The van der Waals surface area contributed by atoms with Gasteiger partial charge in [0.25, 0.3) is 5.91 Å². The molecule has 4 heteroatoms. The van der Waals surface area contributed by atoms with Crippen LogP contribution in [0.2, 0.25) is 0 Å². The zero-order valence-corrected chi connectivity index (χ0v) is 22.5. The summed E-state index contributed by atoms with van der Waals surface area (Å²) >= 11 is 4.34. The van der Waals surface area contributed by atoms with Crippen LogP contribution in [-0.4, -0.2) is 37.0 Å². The lowest BCUT2D eigenvalue weighted by molar-refractivity contribution is 0.0955. The van der Waals surface area contributed by atoms with Gasteiger partial charge in [0.05, 0.1) is 5.56 Å². The smallest absolute Gasteiger partial charge is 0.252 e. The van der Waals surface area contributed by atoms with Crippen molar-refractivity contribution >= 4 is 18.5 Å². The highest BCUT2D eigenvalue weighted by Gasteiger charge is 2.06. The number of unbranched alkanes of at least 4 members (excludes halogenated alkanes) is 1. The van der Waals surface area contributed by atoms with Gasteiger partial charge in [-0.15, -0.1) is 12.6 Å². The molecule has 3 nitrogen and oxygen atoms in total. The van der Waals surface area contributed by atoms with E-state index in [9.17, 15) is 4.79 Å². The van der Waals surface area contributed by atoms with E-state index in [2.05, 4.69) is 75.7 Å². The molecule has 1 aromatic rings. The van der Waals surface area contributed by atoms with Crippen LogP contribution in [0.5, 0.6) is 0 Å². The van der Waals surface area contributed by atoms with Crippen LogP contribution in [0.15, 0.2) is 64.1 Å². The third-order valence-electron chi connectivity index (χ3n) is 6.11. The molecule has 1 aromatic carbocycles. The van der Waals surface area contributed by atoms with Crippen molar-refractivity contribution < 1.29 is 4.79 Å². The number of rotatable bonds is 16. The fourth-order valence-corrected chi connectivity index (χ4v) is 4.02. The van der Waals surface area contributed by atoms with E-state index in [-0.39, 0.29) is 5.91 Å². The van der Waals surface area contributed by atoms with Crippen molar-refractivity contribution in [2.45, 2.75) is 84.5 Å². The average molecular weight is 471 g/mol. The first-order valence-electron chi connectivity index (χ1n) is 12.6. The van der Waals surface area contributed by atoms with Crippen molar-refractivity contribution in [1.29, 1.82) is 0 Å². The lowest BCUT2D eigenvalue weighted by atomic mass is 10.0. The monoisotopic (exact) mass is 470 g/mol. The molecule has 0 aliphatic heterocycles. The summed E-state index contributed by atoms with van der Waals surface area (Å²) in [6.45, 7) is 15.2. The number of hydrogen-bond acceptors (Lipinski definition) is 3. The molecule has 0 fully saturated rings. The van der Waals surface area contributed by atoms with Crippen molar-refractivity contribution in [1.82, 2.24) is 10.2 Å². The second-order valence-electron chi connectivity index (χ2n) is 8.94. The Morgan fingerprint density at radius 3 is 2.06 bits per heavy atom. The lowest BCUT2D eigenvalue weighted by Gasteiger charge is -2.17. The number of carbonyl (C=O) groups excluding carboxylic acids is 1. The molecule has 1 N–H and O–H groups in total. The maximum atomic E-state index is 12.2. The molecule has 0 heterocycles. The van der Waals surface area contributed by atoms with Crippen LogP contribution in [0, 0.1) is 0 Å². The summed E-state index contributed by atoms with van der Waals surface area (Å²) in [5.74, 6) is -0.0763. The minimum atomic E-state index is -0.0763. The molecule has 0 atom stereocenters. The first-order chi connectivity index (χ1) is 15.9. The van der Waals surface area contributed by atoms with Crippen LogP contribution in [0.3, 0.4) is 0 Å². The van der Waals surface area contributed by atoms with Crippen molar-refractivity contribution in [2.24, 2.45) is 0 Å². The molecule has 1 amide bonds. The van der Waals surface area contributed by atoms with Gasteiger partial charge in [-0.3, -0.25) is 4.79 Å². The van der Waals surface area contributed by atoms with Gasteiger partial charge in [0.2, 0.25) is 0 Å². The number of benzene rings is 1. The standard InChI is InChI=1S/C29H46N2OS/c1-6-31(7-2)23-11-10-14-24(3)15-12-16-25(4)17-13-18-26(5)21-22-30-29(32)27-19-8-9-20-28(27)33/h8-9,15,17,19-21,33H,6-7,10-14,16,18,22-23H2,1-5H3,(H,30,32). The minimum Gasteiger partial charge on any atom is -0.349 e. The minimum absolute atomic E-state index is 0.0763. The topological polar surface area (TPSA) is 32.3 Å². The van der Waals surface area contributed by atoms with Gasteiger partial charge < -0.3 is 10.2 Å². The van der Waals surface area contributed by atoms with Crippen LogP contribution in [0.25, 0.3) is 0 Å². The van der Waals surface area contributed by atoms with Crippen LogP contribution in [0.1, 0.15) is 89.9 Å². The number of allylic oxidation sites excluding steroid dienone is 5. The van der Waals surface area contributed by atoms with Crippen molar-refractivity contribution in [3.8, 4) is 0 Å². The van der Waals surface area contributed by atoms with E-state index in [0.29, 0.717) is 17.0 Å². The number of nitrogens with zero attached hydrogens (tertiary/aromatic N) is 1. The summed E-state index contributed by atoms with van der Waals surface area (Å²) in [7, 11) is 0. The molecule has 0 bridgehead atoms. The van der Waals surface area contributed by atoms with Crippen LogP contribution < -0.4 is 5.32 Å². The van der Waals surface area contributed by atoms with Crippen molar-refractivity contribution in [2.75, 3.05) is 26.2 Å². The largest absolute Gasteiger partial charge is 0.349 e. The third kappa shape index (κ3) is 13.5. The van der Waals surface area contributed by atoms with Gasteiger partial charge in [0.15, 0.2) is 0 Å². The van der Waals surface area contributed by atoms with Gasteiger partial charge in [0, 0.05) is 11.4 Å². The van der Waals surface area contributed by atoms with E-state index in [1.54, 1.807) is 6.07 Å². The highest BCUT2D eigenvalue weighted by atomic mass is 32.1. The van der Waals surface area contributed by atoms with Gasteiger partial charge in [-0.25, -0.2) is 0 Å². The molecule has 0 aliphatic rings. The number of thiol groups is 1.